The molecule has 0 amide bonds. The van der Waals surface area contributed by atoms with Crippen LogP contribution in [0.3, 0.4) is 0 Å². The van der Waals surface area contributed by atoms with Gasteiger partial charge in [-0.05, 0) is 25.0 Å². The van der Waals surface area contributed by atoms with E-state index >= 15 is 0 Å². The summed E-state index contributed by atoms with van der Waals surface area (Å²) in [7, 11) is 0. The molecule has 0 saturated carbocycles. The van der Waals surface area contributed by atoms with Crippen LogP contribution >= 0.6 is 0 Å². The van der Waals surface area contributed by atoms with Crippen LogP contribution in [0.4, 0.5) is 11.4 Å². The molecule has 0 aromatic heterocycles. The van der Waals surface area contributed by atoms with E-state index in [0.717, 1.165) is 0 Å². The number of nitro benzene ring substituents is 2. The van der Waals surface area contributed by atoms with Crippen LogP contribution in [0, 0.1) is 26.1 Å². The van der Waals surface area contributed by atoms with Gasteiger partial charge in [0.1, 0.15) is 0 Å². The highest BCUT2D eigenvalue weighted by molar-refractivity contribution is 5.96. The molecule has 0 N–H and O–H groups in total. The maximum atomic E-state index is 12.7. The second kappa shape index (κ2) is 11.3. The molecule has 32 heavy (non-hydrogen) atoms. The Kier molecular flexibility index (Phi) is 8.58. The molecule has 10 nitrogen and oxygen atoms in total. The molecule has 0 aliphatic heterocycles. The van der Waals surface area contributed by atoms with Crippen LogP contribution < -0.4 is 0 Å². The third kappa shape index (κ3) is 6.21. The zero-order valence-corrected chi connectivity index (χ0v) is 17.5. The number of nitro groups is 2. The van der Waals surface area contributed by atoms with Crippen LogP contribution in [0.15, 0.2) is 54.6 Å². The number of non-ortho nitro benzene ring substituents is 2. The molecule has 2 aromatic carbocycles. The smallest absolute Gasteiger partial charge is 0.321 e. The van der Waals surface area contributed by atoms with Crippen molar-refractivity contribution in [3.05, 3.63) is 86.0 Å². The molecule has 0 radical (unpaired) electrons. The first-order valence-corrected chi connectivity index (χ1v) is 9.78. The highest BCUT2D eigenvalue weighted by Gasteiger charge is 2.37. The molecule has 10 heteroatoms. The molecule has 1 atom stereocenters. The van der Waals surface area contributed by atoms with Crippen LogP contribution in [0.2, 0.25) is 0 Å². The Hall–Kier alpha value is -4.08. The minimum atomic E-state index is -1.42. The largest absolute Gasteiger partial charge is 0.465 e. The third-order valence-electron chi connectivity index (χ3n) is 4.48. The van der Waals surface area contributed by atoms with Crippen LogP contribution in [0.5, 0.6) is 0 Å². The second-order valence-electron chi connectivity index (χ2n) is 6.57. The Morgan fingerprint density at radius 3 is 1.97 bits per heavy atom. The number of ether oxygens (including phenoxy) is 2. The fraction of sp³-hybridized carbons (Fsp3) is 0.273. The van der Waals surface area contributed by atoms with Crippen molar-refractivity contribution >= 4 is 29.4 Å². The lowest BCUT2D eigenvalue weighted by molar-refractivity contribution is -0.385. The average molecular weight is 442 g/mol. The number of hydrogen-bond donors (Lipinski definition) is 0. The highest BCUT2D eigenvalue weighted by atomic mass is 16.6. The standard InChI is InChI=1S/C22H22N2O8/c1-3-31-21(25)20(22(26)32-4-2)19(16-8-6-10-18(14-16)24(29)30)12-11-15-7-5-9-17(13-15)23(27)28/h5-14,19-20H,3-4H2,1-2H3/b12-11+. The third-order valence-corrected chi connectivity index (χ3v) is 4.48. The first kappa shape index (κ1) is 24.2. The number of rotatable bonds is 10. The van der Waals surface area contributed by atoms with Gasteiger partial charge in [0.15, 0.2) is 5.92 Å². The van der Waals surface area contributed by atoms with E-state index in [-0.39, 0.29) is 24.6 Å². The van der Waals surface area contributed by atoms with E-state index in [4.69, 9.17) is 9.47 Å². The lowest BCUT2D eigenvalue weighted by atomic mass is 9.84. The monoisotopic (exact) mass is 442 g/mol. The molecule has 0 bridgehead atoms. The van der Waals surface area contributed by atoms with Crippen molar-refractivity contribution in [2.24, 2.45) is 5.92 Å². The Morgan fingerprint density at radius 1 is 0.906 bits per heavy atom. The molecule has 0 fully saturated rings. The summed E-state index contributed by atoms with van der Waals surface area (Å²) in [6.45, 7) is 3.21. The second-order valence-corrected chi connectivity index (χ2v) is 6.57. The first-order valence-electron chi connectivity index (χ1n) is 9.78. The Morgan fingerprint density at radius 2 is 1.44 bits per heavy atom. The minimum absolute atomic E-state index is 0.0188. The van der Waals surface area contributed by atoms with Gasteiger partial charge < -0.3 is 9.47 Å². The minimum Gasteiger partial charge on any atom is -0.465 e. The Bertz CT molecular complexity index is 1020. The maximum absolute atomic E-state index is 12.7. The summed E-state index contributed by atoms with van der Waals surface area (Å²) < 4.78 is 10.1. The summed E-state index contributed by atoms with van der Waals surface area (Å²) in [5, 5.41) is 22.3. The van der Waals surface area contributed by atoms with E-state index in [0.29, 0.717) is 11.1 Å². The molecule has 1 unspecified atom stereocenters. The van der Waals surface area contributed by atoms with Gasteiger partial charge >= 0.3 is 11.9 Å². The first-order chi connectivity index (χ1) is 15.3. The average Bonchev–Trinajstić information content (AvgIpc) is 2.77. The maximum Gasteiger partial charge on any atom is 0.321 e. The van der Waals surface area contributed by atoms with Gasteiger partial charge in [0.2, 0.25) is 0 Å². The molecule has 0 heterocycles. The summed E-state index contributed by atoms with van der Waals surface area (Å²) in [6.07, 6.45) is 2.98. The molecule has 0 aliphatic carbocycles. The summed E-state index contributed by atoms with van der Waals surface area (Å²) in [5.41, 5.74) is 0.405. The van der Waals surface area contributed by atoms with Gasteiger partial charge in [0, 0.05) is 30.2 Å². The van der Waals surface area contributed by atoms with Crippen molar-refractivity contribution in [2.45, 2.75) is 19.8 Å². The van der Waals surface area contributed by atoms with E-state index in [1.807, 2.05) is 0 Å². The number of nitrogens with zero attached hydrogens (tertiary/aromatic N) is 2. The normalized spacial score (nSPS) is 11.8. The predicted molar refractivity (Wildman–Crippen MR) is 115 cm³/mol. The molecule has 2 rings (SSSR count). The number of carbonyl (C=O) groups excluding carboxylic acids is 2. The van der Waals surface area contributed by atoms with Gasteiger partial charge in [-0.25, -0.2) is 0 Å². The predicted octanol–water partition coefficient (Wildman–Crippen LogP) is 4.04. The van der Waals surface area contributed by atoms with Crippen molar-refractivity contribution in [1.29, 1.82) is 0 Å². The zero-order valence-electron chi connectivity index (χ0n) is 17.5. The van der Waals surface area contributed by atoms with Gasteiger partial charge in [0.25, 0.3) is 11.4 Å². The van der Waals surface area contributed by atoms with E-state index in [1.54, 1.807) is 26.0 Å². The van der Waals surface area contributed by atoms with Gasteiger partial charge in [-0.15, -0.1) is 0 Å². The van der Waals surface area contributed by atoms with Crippen LogP contribution in [-0.4, -0.2) is 35.0 Å². The topological polar surface area (TPSA) is 139 Å². The number of allylic oxidation sites excluding steroid dienone is 1. The van der Waals surface area contributed by atoms with Crippen molar-refractivity contribution < 1.29 is 28.9 Å². The van der Waals surface area contributed by atoms with E-state index in [9.17, 15) is 29.8 Å². The Labute approximate surface area is 183 Å². The molecular formula is C22H22N2O8. The lowest BCUT2D eigenvalue weighted by Crippen LogP contribution is -2.33. The van der Waals surface area contributed by atoms with Gasteiger partial charge in [-0.1, -0.05) is 36.4 Å². The summed E-state index contributed by atoms with van der Waals surface area (Å²) in [4.78, 5) is 46.5. The number of hydrogen-bond acceptors (Lipinski definition) is 8. The summed E-state index contributed by atoms with van der Waals surface area (Å²) >= 11 is 0. The van der Waals surface area contributed by atoms with Crippen LogP contribution in [0.25, 0.3) is 6.08 Å². The quantitative estimate of drug-likeness (QED) is 0.232. The van der Waals surface area contributed by atoms with E-state index < -0.39 is 33.6 Å². The van der Waals surface area contributed by atoms with Gasteiger partial charge in [-0.3, -0.25) is 29.8 Å². The SMILES string of the molecule is CCOC(=O)C(C(=O)OCC)C(/C=C/c1cccc([N+](=O)[O-])c1)c1cccc([N+](=O)[O-])c1. The summed E-state index contributed by atoms with van der Waals surface area (Å²) in [5.74, 6) is -4.09. The van der Waals surface area contributed by atoms with Crippen LogP contribution in [-0.2, 0) is 19.1 Å². The number of carbonyl (C=O) groups is 2. The van der Waals surface area contributed by atoms with Gasteiger partial charge in [-0.2, -0.15) is 0 Å². The van der Waals surface area contributed by atoms with Gasteiger partial charge in [0.05, 0.1) is 23.1 Å². The highest BCUT2D eigenvalue weighted by Crippen LogP contribution is 2.32. The number of esters is 2. The fourth-order valence-electron chi connectivity index (χ4n) is 3.07. The van der Waals surface area contributed by atoms with Crippen LogP contribution in [0.1, 0.15) is 30.9 Å². The molecule has 0 saturated heterocycles. The lowest BCUT2D eigenvalue weighted by Gasteiger charge is -2.22. The molecular weight excluding hydrogens is 420 g/mol. The van der Waals surface area contributed by atoms with Crippen molar-refractivity contribution in [3.8, 4) is 0 Å². The summed E-state index contributed by atoms with van der Waals surface area (Å²) in [6, 6.07) is 11.3. The molecule has 2 aromatic rings. The van der Waals surface area contributed by atoms with Crippen molar-refractivity contribution in [1.82, 2.24) is 0 Å². The van der Waals surface area contributed by atoms with Crippen molar-refractivity contribution in [2.75, 3.05) is 13.2 Å². The zero-order chi connectivity index (χ0) is 23.7. The van der Waals surface area contributed by atoms with E-state index in [1.165, 1.54) is 48.6 Å². The molecule has 0 aliphatic rings. The molecule has 168 valence electrons. The fourth-order valence-corrected chi connectivity index (χ4v) is 3.07. The Balaban J connectivity index is 2.59. The van der Waals surface area contributed by atoms with E-state index in [2.05, 4.69) is 0 Å². The van der Waals surface area contributed by atoms with Crippen molar-refractivity contribution in [3.63, 3.8) is 0 Å². The molecule has 0 spiro atoms. The number of benzene rings is 2.